The molecule has 0 amide bonds. The molecule has 0 unspecified atom stereocenters. The Hall–Kier alpha value is -2.76. The Bertz CT molecular complexity index is 500. The summed E-state index contributed by atoms with van der Waals surface area (Å²) in [5.41, 5.74) is 2.22. The van der Waals surface area contributed by atoms with Crippen molar-refractivity contribution in [1.82, 2.24) is 30.1 Å². The summed E-state index contributed by atoms with van der Waals surface area (Å²) >= 11 is 0. The lowest BCUT2D eigenvalue weighted by atomic mass is 10.2. The lowest BCUT2D eigenvalue weighted by Crippen LogP contribution is -1.84. The van der Waals surface area contributed by atoms with E-state index in [2.05, 4.69) is 49.2 Å². The largest absolute Gasteiger partial charge is 0.238 e. The summed E-state index contributed by atoms with van der Waals surface area (Å²) < 4.78 is 0. The van der Waals surface area contributed by atoms with Crippen LogP contribution in [-0.4, -0.2) is 30.1 Å². The van der Waals surface area contributed by atoms with Crippen LogP contribution in [-0.2, 0) is 0 Å². The topological polar surface area (TPSA) is 77.3 Å². The molecule has 0 saturated carbocycles. The van der Waals surface area contributed by atoms with Crippen LogP contribution < -0.4 is 0 Å². The van der Waals surface area contributed by atoms with Gasteiger partial charge in [0.2, 0.25) is 0 Å². The van der Waals surface area contributed by atoms with Crippen LogP contribution in [0.15, 0.2) is 55.5 Å². The van der Waals surface area contributed by atoms with E-state index in [1.165, 1.54) is 24.5 Å². The first-order valence-corrected chi connectivity index (χ1v) is 9.38. The van der Waals surface area contributed by atoms with Crippen LogP contribution in [0.2, 0.25) is 0 Å². The Morgan fingerprint density at radius 1 is 0.593 bits per heavy atom. The molecule has 6 nitrogen and oxygen atoms in total. The van der Waals surface area contributed by atoms with E-state index >= 15 is 0 Å². The molecule has 0 spiro atoms. The minimum absolute atomic E-state index is 0.759. The third-order valence-corrected chi connectivity index (χ3v) is 2.19. The van der Waals surface area contributed by atoms with Crippen molar-refractivity contribution >= 4 is 0 Å². The van der Waals surface area contributed by atoms with Crippen LogP contribution in [0.5, 0.6) is 0 Å². The maximum absolute atomic E-state index is 3.81. The van der Waals surface area contributed by atoms with E-state index in [0.29, 0.717) is 0 Å². The van der Waals surface area contributed by atoms with Crippen LogP contribution in [0.4, 0.5) is 0 Å². The second kappa shape index (κ2) is 25.5. The SMILES string of the molecule is CC.CC.CC.Cc1ccccc1.Cc1cnncn1.Cc1ncncn1. The summed E-state index contributed by atoms with van der Waals surface area (Å²) in [6.45, 7) is 17.8. The normalized spacial score (nSPS) is 7.44. The zero-order valence-corrected chi connectivity index (χ0v) is 18.4. The van der Waals surface area contributed by atoms with Crippen LogP contribution in [0.3, 0.4) is 0 Å². The van der Waals surface area contributed by atoms with E-state index in [0.717, 1.165) is 11.5 Å². The number of nitrogens with zero attached hydrogens (tertiary/aromatic N) is 6. The van der Waals surface area contributed by atoms with Crippen molar-refractivity contribution in [3.8, 4) is 0 Å². The minimum Gasteiger partial charge on any atom is -0.238 e. The van der Waals surface area contributed by atoms with E-state index in [1.54, 1.807) is 6.20 Å². The van der Waals surface area contributed by atoms with Gasteiger partial charge in [0.05, 0.1) is 11.9 Å². The monoisotopic (exact) mass is 372 g/mol. The predicted molar refractivity (Wildman–Crippen MR) is 114 cm³/mol. The molecule has 150 valence electrons. The van der Waals surface area contributed by atoms with Gasteiger partial charge in [0, 0.05) is 0 Å². The lowest BCUT2D eigenvalue weighted by Gasteiger charge is -1.82. The molecule has 0 N–H and O–H groups in total. The average molecular weight is 373 g/mol. The van der Waals surface area contributed by atoms with Gasteiger partial charge in [-0.05, 0) is 20.8 Å². The molecular weight excluding hydrogens is 336 g/mol. The highest BCUT2D eigenvalue weighted by atomic mass is 15.1. The van der Waals surface area contributed by atoms with E-state index in [4.69, 9.17) is 0 Å². The predicted octanol–water partition coefficient (Wildman–Crippen LogP) is 5.43. The van der Waals surface area contributed by atoms with Crippen molar-refractivity contribution in [2.75, 3.05) is 0 Å². The van der Waals surface area contributed by atoms with Crippen molar-refractivity contribution in [3.05, 3.63) is 72.6 Å². The average Bonchev–Trinajstić information content (AvgIpc) is 2.75. The molecule has 2 heterocycles. The number of hydrogen-bond donors (Lipinski definition) is 0. The number of rotatable bonds is 0. The van der Waals surface area contributed by atoms with Crippen molar-refractivity contribution in [1.29, 1.82) is 0 Å². The number of benzene rings is 1. The van der Waals surface area contributed by atoms with Crippen molar-refractivity contribution in [3.63, 3.8) is 0 Å². The Labute approximate surface area is 165 Å². The van der Waals surface area contributed by atoms with Crippen LogP contribution in [0.25, 0.3) is 0 Å². The molecule has 0 aliphatic rings. The summed E-state index contributed by atoms with van der Waals surface area (Å²) in [6.07, 6.45) is 5.99. The molecule has 27 heavy (non-hydrogen) atoms. The lowest BCUT2D eigenvalue weighted by molar-refractivity contribution is 0.939. The molecule has 0 radical (unpaired) electrons. The zero-order chi connectivity index (χ0) is 21.3. The zero-order valence-electron chi connectivity index (χ0n) is 18.4. The van der Waals surface area contributed by atoms with Gasteiger partial charge in [-0.1, -0.05) is 77.4 Å². The quantitative estimate of drug-likeness (QED) is 0.523. The van der Waals surface area contributed by atoms with Crippen LogP contribution in [0.1, 0.15) is 58.6 Å². The van der Waals surface area contributed by atoms with Crippen LogP contribution in [0, 0.1) is 20.8 Å². The highest BCUT2D eigenvalue weighted by Crippen LogP contribution is 1.92. The second-order valence-corrected chi connectivity index (χ2v) is 4.09. The summed E-state index contributed by atoms with van der Waals surface area (Å²) in [5, 5.41) is 7.06. The van der Waals surface area contributed by atoms with Gasteiger partial charge in [0.25, 0.3) is 0 Å². The van der Waals surface area contributed by atoms with Gasteiger partial charge in [-0.2, -0.15) is 5.10 Å². The summed E-state index contributed by atoms with van der Waals surface area (Å²) in [6, 6.07) is 10.3. The van der Waals surface area contributed by atoms with E-state index in [9.17, 15) is 0 Å². The molecule has 0 aliphatic heterocycles. The van der Waals surface area contributed by atoms with Gasteiger partial charge in [0.1, 0.15) is 24.8 Å². The van der Waals surface area contributed by atoms with Gasteiger partial charge in [-0.3, -0.25) is 0 Å². The standard InChI is InChI=1S/C7H8.2C4H5N3.3C2H6/c1-7-5-3-2-4-6-7;1-4-6-2-5-3-7-4;1-4-2-6-7-3-5-4;3*1-2/h2-6H,1H3;2*2-3H,1H3;3*1-2H3. The molecule has 0 saturated heterocycles. The summed E-state index contributed by atoms with van der Waals surface area (Å²) in [5.74, 6) is 0.759. The highest BCUT2D eigenvalue weighted by molar-refractivity contribution is 5.11. The molecule has 0 fully saturated rings. The molecule has 0 bridgehead atoms. The van der Waals surface area contributed by atoms with E-state index in [1.807, 2.05) is 73.6 Å². The number of aryl methyl sites for hydroxylation is 3. The first-order chi connectivity index (χ1) is 13.2. The third kappa shape index (κ3) is 23.2. The number of hydrogen-bond acceptors (Lipinski definition) is 6. The molecule has 0 atom stereocenters. The molecule has 6 heteroatoms. The van der Waals surface area contributed by atoms with Gasteiger partial charge in [-0.25, -0.2) is 19.9 Å². The van der Waals surface area contributed by atoms with Crippen molar-refractivity contribution in [2.45, 2.75) is 62.3 Å². The first kappa shape index (κ1) is 29.0. The molecular formula is C21H36N6. The summed E-state index contributed by atoms with van der Waals surface area (Å²) in [4.78, 5) is 14.9. The fourth-order valence-electron chi connectivity index (χ4n) is 1.13. The Morgan fingerprint density at radius 2 is 1.11 bits per heavy atom. The molecule has 3 rings (SSSR count). The number of aromatic nitrogens is 6. The van der Waals surface area contributed by atoms with Gasteiger partial charge in [0.15, 0.2) is 0 Å². The Kier molecular flexibility index (Phi) is 27.4. The van der Waals surface area contributed by atoms with Gasteiger partial charge in [-0.15, -0.1) is 5.10 Å². The molecule has 1 aromatic carbocycles. The van der Waals surface area contributed by atoms with Gasteiger partial charge < -0.3 is 0 Å². The molecule has 2 aromatic heterocycles. The summed E-state index contributed by atoms with van der Waals surface area (Å²) in [7, 11) is 0. The highest BCUT2D eigenvalue weighted by Gasteiger charge is 1.76. The molecule has 0 aliphatic carbocycles. The van der Waals surface area contributed by atoms with Crippen LogP contribution >= 0.6 is 0 Å². The van der Waals surface area contributed by atoms with E-state index in [-0.39, 0.29) is 0 Å². The van der Waals surface area contributed by atoms with Gasteiger partial charge >= 0.3 is 0 Å². The van der Waals surface area contributed by atoms with Crippen molar-refractivity contribution in [2.24, 2.45) is 0 Å². The second-order valence-electron chi connectivity index (χ2n) is 4.09. The minimum atomic E-state index is 0.759. The van der Waals surface area contributed by atoms with E-state index < -0.39 is 0 Å². The first-order valence-electron chi connectivity index (χ1n) is 9.38. The maximum Gasteiger partial charge on any atom is 0.138 e. The van der Waals surface area contributed by atoms with Crippen molar-refractivity contribution < 1.29 is 0 Å². The fraction of sp³-hybridized carbons (Fsp3) is 0.429. The maximum atomic E-state index is 3.81. The third-order valence-electron chi connectivity index (χ3n) is 2.19. The molecule has 3 aromatic rings. The Balaban J connectivity index is -0.000000281. The Morgan fingerprint density at radius 3 is 1.33 bits per heavy atom. The smallest absolute Gasteiger partial charge is 0.138 e. The fourth-order valence-corrected chi connectivity index (χ4v) is 1.13.